The van der Waals surface area contributed by atoms with E-state index in [0.29, 0.717) is 10.9 Å². The second-order valence-electron chi connectivity index (χ2n) is 2.66. The molecule has 0 aliphatic carbocycles. The normalized spacial score (nSPS) is 10.4. The first-order valence-electron chi connectivity index (χ1n) is 3.76. The molecule has 72 valence electrons. The van der Waals surface area contributed by atoms with E-state index in [2.05, 4.69) is 9.82 Å². The minimum absolute atomic E-state index is 0.398. The molecule has 1 N–H and O–H groups in total. The van der Waals surface area contributed by atoms with E-state index in [9.17, 15) is 14.5 Å². The zero-order valence-corrected chi connectivity index (χ0v) is 6.86. The number of rotatable bonds is 2. The van der Waals surface area contributed by atoms with Crippen molar-refractivity contribution in [3.05, 3.63) is 40.3 Å². The van der Waals surface area contributed by atoms with Crippen LogP contribution in [0.5, 0.6) is 5.75 Å². The number of benzene rings is 1. The van der Waals surface area contributed by atoms with Gasteiger partial charge in [-0.1, -0.05) is 0 Å². The van der Waals surface area contributed by atoms with Gasteiger partial charge < -0.3 is 4.98 Å². The second-order valence-corrected chi connectivity index (χ2v) is 2.66. The molecule has 0 aliphatic heterocycles. The molecule has 14 heavy (non-hydrogen) atoms. The molecule has 0 fully saturated rings. The highest BCUT2D eigenvalue weighted by atomic mass is 19.1. The van der Waals surface area contributed by atoms with Crippen molar-refractivity contribution in [1.82, 2.24) is 4.98 Å². The Kier molecular flexibility index (Phi) is 1.81. The molecule has 0 radical (unpaired) electrons. The highest BCUT2D eigenvalue weighted by molar-refractivity contribution is 5.80. The zero-order valence-electron chi connectivity index (χ0n) is 6.86. The van der Waals surface area contributed by atoms with Crippen molar-refractivity contribution in [2.45, 2.75) is 0 Å². The van der Waals surface area contributed by atoms with Gasteiger partial charge in [0.15, 0.2) is 11.6 Å². The van der Waals surface area contributed by atoms with E-state index in [4.69, 9.17) is 0 Å². The van der Waals surface area contributed by atoms with E-state index in [0.717, 1.165) is 0 Å². The number of hydrogen-bond acceptors (Lipinski definition) is 3. The Balaban J connectivity index is 2.53. The number of hydrogen-bond donors (Lipinski definition) is 1. The average Bonchev–Trinajstić information content (AvgIpc) is 2.51. The predicted octanol–water partition coefficient (Wildman–Crippen LogP) is 1.88. The van der Waals surface area contributed by atoms with E-state index in [1.807, 2.05) is 0 Å². The molecule has 1 aromatic heterocycles. The Hall–Kier alpha value is -2.11. The molecule has 0 aliphatic rings. The van der Waals surface area contributed by atoms with Crippen molar-refractivity contribution in [2.75, 3.05) is 0 Å². The van der Waals surface area contributed by atoms with Crippen LogP contribution in [-0.2, 0) is 0 Å². The summed E-state index contributed by atoms with van der Waals surface area (Å²) in [5.41, 5.74) is 0.586. The smallest absolute Gasteiger partial charge is 0.299 e. The first-order chi connectivity index (χ1) is 6.66. The predicted molar refractivity (Wildman–Crippen MR) is 45.9 cm³/mol. The van der Waals surface area contributed by atoms with Crippen LogP contribution >= 0.6 is 0 Å². The molecule has 1 aromatic carbocycles. The van der Waals surface area contributed by atoms with Crippen LogP contribution in [-0.4, -0.2) is 10.1 Å². The lowest BCUT2D eigenvalue weighted by atomic mass is 10.2. The molecule has 6 heteroatoms. The molecule has 0 unspecified atom stereocenters. The van der Waals surface area contributed by atoms with Gasteiger partial charge in [0, 0.05) is 17.1 Å². The van der Waals surface area contributed by atoms with Gasteiger partial charge in [0.2, 0.25) is 0 Å². The van der Waals surface area contributed by atoms with Crippen LogP contribution < -0.4 is 4.84 Å². The minimum Gasteiger partial charge on any atom is -0.361 e. The number of fused-ring (bicyclic) bond motifs is 1. The molecule has 0 bridgehead atoms. The van der Waals surface area contributed by atoms with Crippen LogP contribution in [0.4, 0.5) is 4.39 Å². The van der Waals surface area contributed by atoms with E-state index < -0.39 is 16.7 Å². The van der Waals surface area contributed by atoms with Crippen molar-refractivity contribution >= 4 is 10.9 Å². The van der Waals surface area contributed by atoms with Gasteiger partial charge in [-0.2, -0.15) is 0 Å². The zero-order chi connectivity index (χ0) is 10.1. The Bertz CT molecular complexity index is 494. The van der Waals surface area contributed by atoms with Crippen molar-refractivity contribution in [1.29, 1.82) is 0 Å². The number of halogens is 1. The van der Waals surface area contributed by atoms with E-state index in [1.165, 1.54) is 12.1 Å². The molecule has 1 heterocycles. The number of aromatic amines is 1. The van der Waals surface area contributed by atoms with Crippen LogP contribution in [0.3, 0.4) is 0 Å². The van der Waals surface area contributed by atoms with E-state index in [1.54, 1.807) is 12.3 Å². The fraction of sp³-hybridized carbons (Fsp3) is 0. The van der Waals surface area contributed by atoms with Crippen molar-refractivity contribution in [3.63, 3.8) is 0 Å². The van der Waals surface area contributed by atoms with Gasteiger partial charge in [-0.25, -0.2) is 4.39 Å². The molecular weight excluding hydrogens is 191 g/mol. The van der Waals surface area contributed by atoms with Crippen molar-refractivity contribution in [2.24, 2.45) is 0 Å². The van der Waals surface area contributed by atoms with Gasteiger partial charge in [0.1, 0.15) is 0 Å². The lowest BCUT2D eigenvalue weighted by Crippen LogP contribution is -2.04. The molecular formula is C8H5FN2O3. The summed E-state index contributed by atoms with van der Waals surface area (Å²) in [7, 11) is 0. The lowest BCUT2D eigenvalue weighted by molar-refractivity contribution is -0.711. The van der Waals surface area contributed by atoms with Crippen LogP contribution in [0, 0.1) is 15.9 Å². The highest BCUT2D eigenvalue weighted by Gasteiger charge is 2.08. The third-order valence-corrected chi connectivity index (χ3v) is 1.78. The lowest BCUT2D eigenvalue weighted by Gasteiger charge is -1.99. The summed E-state index contributed by atoms with van der Waals surface area (Å²) in [5, 5.41) is 9.59. The second kappa shape index (κ2) is 2.99. The maximum atomic E-state index is 13.1. The van der Waals surface area contributed by atoms with Gasteiger partial charge in [-0.15, -0.1) is 10.1 Å². The van der Waals surface area contributed by atoms with Gasteiger partial charge in [0.25, 0.3) is 5.09 Å². The monoisotopic (exact) mass is 196 g/mol. The molecule has 0 amide bonds. The third-order valence-electron chi connectivity index (χ3n) is 1.78. The Morgan fingerprint density at radius 3 is 3.00 bits per heavy atom. The SMILES string of the molecule is O=[N+]([O-])Oc1cc2[nH]ccc2cc1F. The van der Waals surface area contributed by atoms with E-state index >= 15 is 0 Å². The maximum Gasteiger partial charge on any atom is 0.299 e. The first kappa shape index (κ1) is 8.49. The molecule has 0 spiro atoms. The van der Waals surface area contributed by atoms with Crippen molar-refractivity contribution < 1.29 is 14.3 Å². The number of nitrogens with one attached hydrogen (secondary N) is 1. The molecule has 0 atom stereocenters. The Labute approximate surface area is 77.2 Å². The summed E-state index contributed by atoms with van der Waals surface area (Å²) < 4.78 is 13.1. The van der Waals surface area contributed by atoms with E-state index in [-0.39, 0.29) is 0 Å². The largest absolute Gasteiger partial charge is 0.361 e. The summed E-state index contributed by atoms with van der Waals surface area (Å²) in [6, 6.07) is 4.08. The molecule has 5 nitrogen and oxygen atoms in total. The standard InChI is InChI=1S/C8H5FN2O3/c9-6-3-5-1-2-10-7(5)4-8(6)14-11(12)13/h1-4,10H. The summed E-state index contributed by atoms with van der Waals surface area (Å²) in [5.74, 6) is -1.15. The summed E-state index contributed by atoms with van der Waals surface area (Å²) in [4.78, 5) is 16.8. The van der Waals surface area contributed by atoms with Crippen LogP contribution in [0.15, 0.2) is 24.4 Å². The van der Waals surface area contributed by atoms with Gasteiger partial charge in [-0.3, -0.25) is 4.84 Å². The fourth-order valence-electron chi connectivity index (χ4n) is 1.20. The average molecular weight is 196 g/mol. The maximum absolute atomic E-state index is 13.1. The number of aromatic nitrogens is 1. The fourth-order valence-corrected chi connectivity index (χ4v) is 1.20. The Morgan fingerprint density at radius 1 is 1.50 bits per heavy atom. The number of H-pyrrole nitrogens is 1. The molecule has 0 saturated heterocycles. The molecule has 2 rings (SSSR count). The van der Waals surface area contributed by atoms with Crippen LogP contribution in [0.25, 0.3) is 10.9 Å². The molecule has 2 aromatic rings. The summed E-state index contributed by atoms with van der Waals surface area (Å²) >= 11 is 0. The number of nitrogens with zero attached hydrogens (tertiary/aromatic N) is 1. The highest BCUT2D eigenvalue weighted by Crippen LogP contribution is 2.23. The summed E-state index contributed by atoms with van der Waals surface area (Å²) in [6.45, 7) is 0. The van der Waals surface area contributed by atoms with Crippen LogP contribution in [0.1, 0.15) is 0 Å². The van der Waals surface area contributed by atoms with Gasteiger partial charge >= 0.3 is 0 Å². The van der Waals surface area contributed by atoms with Gasteiger partial charge in [0.05, 0.1) is 0 Å². The van der Waals surface area contributed by atoms with Gasteiger partial charge in [-0.05, 0) is 18.2 Å². The topological polar surface area (TPSA) is 68.2 Å². The minimum atomic E-state index is -1.05. The first-order valence-corrected chi connectivity index (χ1v) is 3.76. The third kappa shape index (κ3) is 1.37. The van der Waals surface area contributed by atoms with Crippen LogP contribution in [0.2, 0.25) is 0 Å². The van der Waals surface area contributed by atoms with Crippen molar-refractivity contribution in [3.8, 4) is 5.75 Å². The Morgan fingerprint density at radius 2 is 2.29 bits per heavy atom. The quantitative estimate of drug-likeness (QED) is 0.588. The molecule has 0 saturated carbocycles. The summed E-state index contributed by atoms with van der Waals surface area (Å²) in [6.07, 6.45) is 1.61.